The van der Waals surface area contributed by atoms with Crippen LogP contribution in [0.15, 0.2) is 83.3 Å². The third-order valence-corrected chi connectivity index (χ3v) is 5.92. The summed E-state index contributed by atoms with van der Waals surface area (Å²) in [6.45, 7) is 2.07. The SMILES string of the molecule is Cc1cc2oc3nc(F)ccc3c2cc1-c1n(-c2ccccc2)c2ccccc2[n+]1C. The number of aryl methyl sites for hydroxylation is 2. The maximum atomic E-state index is 13.6. The minimum Gasteiger partial charge on any atom is -0.438 e. The maximum absolute atomic E-state index is 13.6. The minimum absolute atomic E-state index is 0.319. The number of hydrogen-bond acceptors (Lipinski definition) is 2. The van der Waals surface area contributed by atoms with Crippen LogP contribution in [0.4, 0.5) is 4.39 Å². The van der Waals surface area contributed by atoms with E-state index < -0.39 is 5.95 Å². The molecule has 0 saturated carbocycles. The van der Waals surface area contributed by atoms with Crippen molar-refractivity contribution in [2.45, 2.75) is 6.92 Å². The summed E-state index contributed by atoms with van der Waals surface area (Å²) in [5, 5.41) is 1.73. The van der Waals surface area contributed by atoms with Crippen LogP contribution in [-0.2, 0) is 7.05 Å². The summed E-state index contributed by atoms with van der Waals surface area (Å²) in [5.41, 5.74) is 6.55. The van der Waals surface area contributed by atoms with E-state index in [1.165, 1.54) is 6.07 Å². The van der Waals surface area contributed by atoms with E-state index in [0.717, 1.165) is 44.4 Å². The van der Waals surface area contributed by atoms with Crippen LogP contribution in [0.25, 0.3) is 50.2 Å². The Morgan fingerprint density at radius 1 is 0.903 bits per heavy atom. The Kier molecular flexibility index (Phi) is 3.74. The van der Waals surface area contributed by atoms with Crippen LogP contribution in [0.2, 0.25) is 0 Å². The standard InChI is InChI=1S/C26H19FN3O/c1-16-14-23-20(18-12-13-24(27)28-25(18)31-23)15-19(16)26-29(2)21-10-6-7-11-22(21)30(26)17-8-4-3-5-9-17/h3-15H,1-2H3/q+1. The van der Waals surface area contributed by atoms with Crippen molar-refractivity contribution in [1.29, 1.82) is 0 Å². The molecule has 0 fully saturated rings. The van der Waals surface area contributed by atoms with Crippen LogP contribution in [0.3, 0.4) is 0 Å². The molecule has 0 saturated heterocycles. The molecular weight excluding hydrogens is 389 g/mol. The van der Waals surface area contributed by atoms with Crippen LogP contribution >= 0.6 is 0 Å². The number of nitrogens with zero attached hydrogens (tertiary/aromatic N) is 3. The lowest BCUT2D eigenvalue weighted by Gasteiger charge is -2.07. The second-order valence-electron chi connectivity index (χ2n) is 7.79. The number of halogens is 1. The third kappa shape index (κ3) is 2.60. The molecule has 0 atom stereocenters. The zero-order valence-corrected chi connectivity index (χ0v) is 17.1. The van der Waals surface area contributed by atoms with E-state index in [2.05, 4.69) is 70.6 Å². The van der Waals surface area contributed by atoms with Crippen molar-refractivity contribution in [3.8, 4) is 17.1 Å². The normalized spacial score (nSPS) is 11.7. The zero-order valence-electron chi connectivity index (χ0n) is 17.1. The molecular formula is C26H19FN3O+. The molecule has 6 rings (SSSR count). The summed E-state index contributed by atoms with van der Waals surface area (Å²) in [4.78, 5) is 3.92. The molecule has 0 aliphatic heterocycles. The van der Waals surface area contributed by atoms with Crippen LogP contribution in [-0.4, -0.2) is 9.55 Å². The average molecular weight is 408 g/mol. The first kappa shape index (κ1) is 17.8. The highest BCUT2D eigenvalue weighted by molar-refractivity contribution is 6.05. The topological polar surface area (TPSA) is 34.8 Å². The van der Waals surface area contributed by atoms with Gasteiger partial charge in [-0.25, -0.2) is 4.57 Å². The Hall–Kier alpha value is -3.99. The molecule has 0 aliphatic carbocycles. The van der Waals surface area contributed by atoms with Crippen LogP contribution in [0.1, 0.15) is 5.56 Å². The Bertz CT molecular complexity index is 1610. The number of hydrogen-bond donors (Lipinski definition) is 0. The second kappa shape index (κ2) is 6.51. The number of fused-ring (bicyclic) bond motifs is 4. The molecule has 0 spiro atoms. The summed E-state index contributed by atoms with van der Waals surface area (Å²) < 4.78 is 24.0. The first-order valence-electron chi connectivity index (χ1n) is 10.2. The predicted molar refractivity (Wildman–Crippen MR) is 120 cm³/mol. The molecule has 5 heteroatoms. The molecule has 0 bridgehead atoms. The number of imidazole rings is 1. The second-order valence-corrected chi connectivity index (χ2v) is 7.79. The Labute approximate surface area is 177 Å². The molecule has 0 radical (unpaired) electrons. The highest BCUT2D eigenvalue weighted by atomic mass is 19.1. The van der Waals surface area contributed by atoms with E-state index in [1.807, 2.05) is 24.3 Å². The van der Waals surface area contributed by atoms with E-state index in [1.54, 1.807) is 6.07 Å². The smallest absolute Gasteiger partial charge is 0.295 e. The predicted octanol–water partition coefficient (Wildman–Crippen LogP) is 5.86. The highest BCUT2D eigenvalue weighted by Gasteiger charge is 2.27. The fourth-order valence-electron chi connectivity index (χ4n) is 4.48. The van der Waals surface area contributed by atoms with Gasteiger partial charge in [0, 0.05) is 10.8 Å². The van der Waals surface area contributed by atoms with Gasteiger partial charge in [0.1, 0.15) is 11.3 Å². The van der Waals surface area contributed by atoms with Crippen LogP contribution < -0.4 is 4.57 Å². The molecule has 0 N–H and O–H groups in total. The van der Waals surface area contributed by atoms with Crippen molar-refractivity contribution in [2.24, 2.45) is 7.05 Å². The number of benzene rings is 3. The van der Waals surface area contributed by atoms with Gasteiger partial charge >= 0.3 is 0 Å². The number of furan rings is 1. The summed E-state index contributed by atoms with van der Waals surface area (Å²) in [5.74, 6) is 0.523. The summed E-state index contributed by atoms with van der Waals surface area (Å²) in [6, 6.07) is 26.0. The lowest BCUT2D eigenvalue weighted by Crippen LogP contribution is -2.30. The van der Waals surface area contributed by atoms with Gasteiger partial charge in [0.25, 0.3) is 5.82 Å². The number of rotatable bonds is 2. The van der Waals surface area contributed by atoms with E-state index in [0.29, 0.717) is 11.3 Å². The fraction of sp³-hybridized carbons (Fsp3) is 0.0769. The molecule has 6 aromatic rings. The number of pyridine rings is 1. The van der Waals surface area contributed by atoms with Crippen molar-refractivity contribution in [3.05, 3.63) is 90.4 Å². The van der Waals surface area contributed by atoms with Crippen molar-refractivity contribution < 1.29 is 13.4 Å². The molecule has 3 aromatic heterocycles. The lowest BCUT2D eigenvalue weighted by molar-refractivity contribution is -0.633. The molecule has 31 heavy (non-hydrogen) atoms. The van der Waals surface area contributed by atoms with Crippen LogP contribution in [0, 0.1) is 12.9 Å². The number of aromatic nitrogens is 3. The van der Waals surface area contributed by atoms with E-state index in [4.69, 9.17) is 4.42 Å². The van der Waals surface area contributed by atoms with Gasteiger partial charge in [0.2, 0.25) is 11.7 Å². The van der Waals surface area contributed by atoms with E-state index >= 15 is 0 Å². The monoisotopic (exact) mass is 408 g/mol. The Morgan fingerprint density at radius 3 is 2.52 bits per heavy atom. The lowest BCUT2D eigenvalue weighted by atomic mass is 10.0. The van der Waals surface area contributed by atoms with Gasteiger partial charge in [-0.1, -0.05) is 30.3 Å². The van der Waals surface area contributed by atoms with Gasteiger partial charge < -0.3 is 4.42 Å². The van der Waals surface area contributed by atoms with Gasteiger partial charge in [-0.15, -0.1) is 0 Å². The summed E-state index contributed by atoms with van der Waals surface area (Å²) in [6.07, 6.45) is 0. The average Bonchev–Trinajstić information content (AvgIpc) is 3.27. The molecule has 4 nitrogen and oxygen atoms in total. The van der Waals surface area contributed by atoms with Crippen molar-refractivity contribution in [1.82, 2.24) is 9.55 Å². The molecule has 0 unspecified atom stereocenters. The highest BCUT2D eigenvalue weighted by Crippen LogP contribution is 2.35. The quantitative estimate of drug-likeness (QED) is 0.266. The largest absolute Gasteiger partial charge is 0.438 e. The van der Waals surface area contributed by atoms with Gasteiger partial charge in [-0.2, -0.15) is 13.9 Å². The fourth-order valence-corrected chi connectivity index (χ4v) is 4.48. The summed E-state index contributed by atoms with van der Waals surface area (Å²) in [7, 11) is 2.09. The third-order valence-electron chi connectivity index (χ3n) is 5.92. The van der Waals surface area contributed by atoms with Crippen LogP contribution in [0.5, 0.6) is 0 Å². The first-order chi connectivity index (χ1) is 15.1. The molecule has 3 aromatic carbocycles. The number of para-hydroxylation sites is 3. The van der Waals surface area contributed by atoms with Crippen molar-refractivity contribution in [3.63, 3.8) is 0 Å². The minimum atomic E-state index is -0.542. The molecule has 150 valence electrons. The summed E-state index contributed by atoms with van der Waals surface area (Å²) >= 11 is 0. The van der Waals surface area contributed by atoms with Gasteiger partial charge in [-0.05, 0) is 61.0 Å². The molecule has 3 heterocycles. The van der Waals surface area contributed by atoms with Gasteiger partial charge in [-0.3, -0.25) is 0 Å². The van der Waals surface area contributed by atoms with Crippen molar-refractivity contribution >= 4 is 33.1 Å². The maximum Gasteiger partial charge on any atom is 0.295 e. The van der Waals surface area contributed by atoms with E-state index in [9.17, 15) is 4.39 Å². The first-order valence-corrected chi connectivity index (χ1v) is 10.2. The molecule has 0 aliphatic rings. The van der Waals surface area contributed by atoms with E-state index in [-0.39, 0.29) is 0 Å². The van der Waals surface area contributed by atoms with Gasteiger partial charge in [0.15, 0.2) is 11.0 Å². The molecule has 0 amide bonds. The van der Waals surface area contributed by atoms with Gasteiger partial charge in [0.05, 0.1) is 12.6 Å². The Morgan fingerprint density at radius 2 is 1.68 bits per heavy atom. The Balaban J connectivity index is 1.73. The van der Waals surface area contributed by atoms with Crippen molar-refractivity contribution in [2.75, 3.05) is 0 Å². The zero-order chi connectivity index (χ0) is 21.1.